The van der Waals surface area contributed by atoms with Crippen LogP contribution in [-0.2, 0) is 13.0 Å². The molecule has 0 aliphatic carbocycles. The van der Waals surface area contributed by atoms with E-state index in [-0.39, 0.29) is 6.61 Å². The maximum atomic E-state index is 9.15. The topological polar surface area (TPSA) is 23.5 Å². The van der Waals surface area contributed by atoms with Crippen LogP contribution in [0.3, 0.4) is 0 Å². The van der Waals surface area contributed by atoms with Crippen LogP contribution < -0.4 is 4.90 Å². The maximum absolute atomic E-state index is 9.15. The fraction of sp³-hybridized carbons (Fsp3) is 0.333. The Kier molecular flexibility index (Phi) is 3.52. The first-order chi connectivity index (χ1) is 9.20. The van der Waals surface area contributed by atoms with Gasteiger partial charge in [0.15, 0.2) is 0 Å². The van der Waals surface area contributed by atoms with Crippen molar-refractivity contribution in [3.63, 3.8) is 0 Å². The standard InChI is InChI=1S/C15H16ClNOS/c1-10-12-5-7-19-15(12)4-6-17(10)14-3-2-11(9-18)8-13(14)16/h2-3,5,7-8,10,18H,4,6,9H2,1H3. The smallest absolute Gasteiger partial charge is 0.0682 e. The molecule has 0 amide bonds. The van der Waals surface area contributed by atoms with Crippen molar-refractivity contribution in [2.24, 2.45) is 0 Å². The molecule has 3 rings (SSSR count). The molecule has 1 aromatic heterocycles. The van der Waals surface area contributed by atoms with Crippen molar-refractivity contribution in [2.75, 3.05) is 11.4 Å². The number of aliphatic hydroxyl groups excluding tert-OH is 1. The van der Waals surface area contributed by atoms with Gasteiger partial charge in [-0.25, -0.2) is 0 Å². The third kappa shape index (κ3) is 2.27. The normalized spacial score (nSPS) is 18.5. The van der Waals surface area contributed by atoms with Gasteiger partial charge < -0.3 is 10.0 Å². The summed E-state index contributed by atoms with van der Waals surface area (Å²) in [7, 11) is 0. The summed E-state index contributed by atoms with van der Waals surface area (Å²) >= 11 is 8.20. The third-order valence-electron chi connectivity index (χ3n) is 3.78. The number of hydrogen-bond acceptors (Lipinski definition) is 3. The highest BCUT2D eigenvalue weighted by atomic mass is 35.5. The summed E-state index contributed by atoms with van der Waals surface area (Å²) in [5.74, 6) is 0. The lowest BCUT2D eigenvalue weighted by molar-refractivity contribution is 0.282. The second kappa shape index (κ2) is 5.16. The van der Waals surface area contributed by atoms with Crippen LogP contribution in [-0.4, -0.2) is 11.7 Å². The fourth-order valence-corrected chi connectivity index (χ4v) is 3.99. The quantitative estimate of drug-likeness (QED) is 0.904. The summed E-state index contributed by atoms with van der Waals surface area (Å²) in [4.78, 5) is 3.84. The van der Waals surface area contributed by atoms with Crippen molar-refractivity contribution >= 4 is 28.6 Å². The minimum absolute atomic E-state index is 0.0320. The summed E-state index contributed by atoms with van der Waals surface area (Å²) < 4.78 is 0. The molecule has 0 fully saturated rings. The summed E-state index contributed by atoms with van der Waals surface area (Å²) in [5, 5.41) is 12.0. The molecule has 2 heterocycles. The van der Waals surface area contributed by atoms with Crippen LogP contribution in [0.1, 0.15) is 29.0 Å². The molecule has 0 spiro atoms. The maximum Gasteiger partial charge on any atom is 0.0682 e. The SMILES string of the molecule is CC1c2ccsc2CCN1c1ccc(CO)cc1Cl. The van der Waals surface area contributed by atoms with E-state index >= 15 is 0 Å². The zero-order valence-corrected chi connectivity index (χ0v) is 12.3. The molecule has 0 saturated carbocycles. The first-order valence-corrected chi connectivity index (χ1v) is 7.68. The van der Waals surface area contributed by atoms with Crippen molar-refractivity contribution < 1.29 is 5.11 Å². The van der Waals surface area contributed by atoms with Crippen molar-refractivity contribution in [3.05, 3.63) is 50.7 Å². The Bertz CT molecular complexity index is 596. The highest BCUT2D eigenvalue weighted by Crippen LogP contribution is 2.38. The van der Waals surface area contributed by atoms with E-state index < -0.39 is 0 Å². The van der Waals surface area contributed by atoms with Crippen molar-refractivity contribution in [1.82, 2.24) is 0 Å². The van der Waals surface area contributed by atoms with Gasteiger partial charge in [-0.1, -0.05) is 17.7 Å². The zero-order valence-electron chi connectivity index (χ0n) is 10.8. The molecular formula is C15H16ClNOS. The van der Waals surface area contributed by atoms with Crippen LogP contribution in [0.15, 0.2) is 29.6 Å². The van der Waals surface area contributed by atoms with Crippen LogP contribution in [0.4, 0.5) is 5.69 Å². The zero-order chi connectivity index (χ0) is 13.4. The van der Waals surface area contributed by atoms with E-state index in [2.05, 4.69) is 23.3 Å². The van der Waals surface area contributed by atoms with Gasteiger partial charge >= 0.3 is 0 Å². The van der Waals surface area contributed by atoms with Gasteiger partial charge in [0.05, 0.1) is 23.4 Å². The number of rotatable bonds is 2. The number of anilines is 1. The molecule has 19 heavy (non-hydrogen) atoms. The largest absolute Gasteiger partial charge is 0.392 e. The second-order valence-electron chi connectivity index (χ2n) is 4.86. The molecule has 0 saturated heterocycles. The van der Waals surface area contributed by atoms with Gasteiger partial charge in [0.25, 0.3) is 0 Å². The number of aliphatic hydroxyl groups is 1. The van der Waals surface area contributed by atoms with E-state index in [1.54, 1.807) is 0 Å². The van der Waals surface area contributed by atoms with E-state index in [0.29, 0.717) is 6.04 Å². The van der Waals surface area contributed by atoms with Gasteiger partial charge in [0.1, 0.15) is 0 Å². The first-order valence-electron chi connectivity index (χ1n) is 6.43. The Morgan fingerprint density at radius 2 is 2.26 bits per heavy atom. The van der Waals surface area contributed by atoms with Gasteiger partial charge in [0.2, 0.25) is 0 Å². The molecule has 2 aromatic rings. The minimum Gasteiger partial charge on any atom is -0.392 e. The Morgan fingerprint density at radius 3 is 3.00 bits per heavy atom. The molecule has 1 aliphatic rings. The van der Waals surface area contributed by atoms with Crippen LogP contribution in [0.5, 0.6) is 0 Å². The summed E-state index contributed by atoms with van der Waals surface area (Å²) in [6.07, 6.45) is 1.08. The van der Waals surface area contributed by atoms with Gasteiger partial charge in [-0.15, -0.1) is 11.3 Å². The molecule has 1 aromatic carbocycles. The number of halogens is 1. The van der Waals surface area contributed by atoms with Crippen molar-refractivity contribution in [3.8, 4) is 0 Å². The monoisotopic (exact) mass is 293 g/mol. The van der Waals surface area contributed by atoms with E-state index in [0.717, 1.165) is 29.2 Å². The molecule has 1 unspecified atom stereocenters. The Morgan fingerprint density at radius 1 is 1.42 bits per heavy atom. The Labute approximate surface area is 122 Å². The number of hydrogen-bond donors (Lipinski definition) is 1. The van der Waals surface area contributed by atoms with Crippen molar-refractivity contribution in [2.45, 2.75) is 26.0 Å². The summed E-state index contributed by atoms with van der Waals surface area (Å²) in [5.41, 5.74) is 3.33. The fourth-order valence-electron chi connectivity index (χ4n) is 2.72. The van der Waals surface area contributed by atoms with Crippen molar-refractivity contribution in [1.29, 1.82) is 0 Å². The Hall–Kier alpha value is -1.03. The highest BCUT2D eigenvalue weighted by Gasteiger charge is 2.26. The van der Waals surface area contributed by atoms with Gasteiger partial charge in [0, 0.05) is 11.4 Å². The third-order valence-corrected chi connectivity index (χ3v) is 5.08. The summed E-state index contributed by atoms with van der Waals surface area (Å²) in [6.45, 7) is 3.25. The molecule has 1 N–H and O–H groups in total. The van der Waals surface area contributed by atoms with Crippen LogP contribution in [0, 0.1) is 0 Å². The van der Waals surface area contributed by atoms with Crippen LogP contribution in [0.25, 0.3) is 0 Å². The molecule has 4 heteroatoms. The number of nitrogens with zero attached hydrogens (tertiary/aromatic N) is 1. The number of benzene rings is 1. The lowest BCUT2D eigenvalue weighted by Gasteiger charge is -2.36. The summed E-state index contributed by atoms with van der Waals surface area (Å²) in [6, 6.07) is 8.38. The average molecular weight is 294 g/mol. The predicted octanol–water partition coefficient (Wildman–Crippen LogP) is 4.02. The molecule has 1 atom stereocenters. The van der Waals surface area contributed by atoms with Crippen LogP contribution >= 0.6 is 22.9 Å². The number of fused-ring (bicyclic) bond motifs is 1. The molecule has 2 nitrogen and oxygen atoms in total. The molecule has 0 bridgehead atoms. The van der Waals surface area contributed by atoms with E-state index in [9.17, 15) is 0 Å². The lowest BCUT2D eigenvalue weighted by atomic mass is 10.0. The lowest BCUT2D eigenvalue weighted by Crippen LogP contribution is -2.33. The Balaban J connectivity index is 1.95. The molecule has 1 aliphatic heterocycles. The highest BCUT2D eigenvalue weighted by molar-refractivity contribution is 7.10. The van der Waals surface area contributed by atoms with E-state index in [4.69, 9.17) is 16.7 Å². The van der Waals surface area contributed by atoms with E-state index in [1.807, 2.05) is 29.5 Å². The first kappa shape index (κ1) is 13.0. The van der Waals surface area contributed by atoms with Gasteiger partial charge in [-0.2, -0.15) is 0 Å². The molecular weight excluding hydrogens is 278 g/mol. The molecule has 100 valence electrons. The van der Waals surface area contributed by atoms with Gasteiger partial charge in [-0.3, -0.25) is 0 Å². The minimum atomic E-state index is 0.0320. The van der Waals surface area contributed by atoms with Crippen LogP contribution in [0.2, 0.25) is 5.02 Å². The second-order valence-corrected chi connectivity index (χ2v) is 6.27. The van der Waals surface area contributed by atoms with Gasteiger partial charge in [-0.05, 0) is 48.1 Å². The van der Waals surface area contributed by atoms with E-state index in [1.165, 1.54) is 10.4 Å². The molecule has 0 radical (unpaired) electrons. The predicted molar refractivity (Wildman–Crippen MR) is 81.2 cm³/mol. The number of thiophene rings is 1. The average Bonchev–Trinajstić information content (AvgIpc) is 2.89.